The van der Waals surface area contributed by atoms with Crippen molar-refractivity contribution in [2.24, 2.45) is 5.92 Å². The Hall–Kier alpha value is -1.35. The van der Waals surface area contributed by atoms with E-state index in [0.717, 1.165) is 14.9 Å². The van der Waals surface area contributed by atoms with Gasteiger partial charge in [0.15, 0.2) is 0 Å². The smallest absolute Gasteiger partial charge is 0.240 e. The van der Waals surface area contributed by atoms with Gasteiger partial charge in [0.1, 0.15) is 0 Å². The maximum atomic E-state index is 12.6. The molecule has 5 nitrogen and oxygen atoms in total. The molecule has 25 heavy (non-hydrogen) atoms. The first-order valence-electron chi connectivity index (χ1n) is 7.67. The summed E-state index contributed by atoms with van der Waals surface area (Å²) in [6, 6.07) is 12.2. The molecule has 1 atom stereocenters. The van der Waals surface area contributed by atoms with E-state index >= 15 is 0 Å². The van der Waals surface area contributed by atoms with E-state index in [1.807, 2.05) is 31.2 Å². The second-order valence-electron chi connectivity index (χ2n) is 5.81. The molecule has 2 aromatic rings. The molecule has 0 spiro atoms. The van der Waals surface area contributed by atoms with Crippen molar-refractivity contribution >= 4 is 49.3 Å². The maximum absolute atomic E-state index is 12.6. The molecule has 0 saturated carbocycles. The van der Waals surface area contributed by atoms with Crippen molar-refractivity contribution in [1.82, 2.24) is 4.72 Å². The van der Waals surface area contributed by atoms with E-state index in [1.54, 1.807) is 23.9 Å². The summed E-state index contributed by atoms with van der Waals surface area (Å²) >= 11 is 4.90. The zero-order valence-electron chi connectivity index (χ0n) is 13.5. The van der Waals surface area contributed by atoms with Gasteiger partial charge in [0.25, 0.3) is 0 Å². The third kappa shape index (κ3) is 4.44. The van der Waals surface area contributed by atoms with Gasteiger partial charge in [-0.15, -0.1) is 11.8 Å². The Morgan fingerprint density at radius 2 is 1.96 bits per heavy atom. The normalized spacial score (nSPS) is 17.5. The quantitative estimate of drug-likeness (QED) is 0.760. The third-order valence-corrected chi connectivity index (χ3v) is 7.10. The lowest BCUT2D eigenvalue weighted by atomic mass is 10.2. The summed E-state index contributed by atoms with van der Waals surface area (Å²) in [4.78, 5) is 13.0. The zero-order chi connectivity index (χ0) is 18.0. The number of rotatable bonds is 4. The number of fused-ring (bicyclic) bond motifs is 1. The van der Waals surface area contributed by atoms with Crippen molar-refractivity contribution < 1.29 is 13.2 Å². The highest BCUT2D eigenvalue weighted by molar-refractivity contribution is 9.10. The Morgan fingerprint density at radius 3 is 2.68 bits per heavy atom. The molecule has 0 aliphatic carbocycles. The Labute approximate surface area is 159 Å². The fraction of sp³-hybridized carbons (Fsp3) is 0.235. The van der Waals surface area contributed by atoms with Crippen LogP contribution in [0.15, 0.2) is 56.7 Å². The molecule has 2 N–H and O–H groups in total. The number of carbonyl (C=O) groups is 1. The first kappa shape index (κ1) is 18.4. The molecule has 1 amide bonds. The van der Waals surface area contributed by atoms with Crippen LogP contribution in [0.4, 0.5) is 5.69 Å². The number of anilines is 1. The van der Waals surface area contributed by atoms with Crippen molar-refractivity contribution in [3.05, 3.63) is 52.5 Å². The van der Waals surface area contributed by atoms with Gasteiger partial charge in [-0.3, -0.25) is 4.79 Å². The molecule has 132 valence electrons. The molecular weight excluding hydrogens is 424 g/mol. The van der Waals surface area contributed by atoms with Gasteiger partial charge in [-0.1, -0.05) is 35.0 Å². The van der Waals surface area contributed by atoms with Crippen LogP contribution in [-0.2, 0) is 21.4 Å². The van der Waals surface area contributed by atoms with E-state index < -0.39 is 10.0 Å². The van der Waals surface area contributed by atoms with Gasteiger partial charge < -0.3 is 5.32 Å². The van der Waals surface area contributed by atoms with Gasteiger partial charge in [0.2, 0.25) is 15.9 Å². The lowest BCUT2D eigenvalue weighted by Gasteiger charge is -2.11. The standard InChI is InChI=1S/C17H17BrN2O3S2/c1-11-10-24-16-7-6-14(8-15(16)20-17(11)21)25(22,23)19-9-12-2-4-13(18)5-3-12/h2-8,11,19H,9-10H2,1H3,(H,20,21)/t11-/m0/s1. The van der Waals surface area contributed by atoms with Crippen molar-refractivity contribution in [1.29, 1.82) is 0 Å². The number of benzene rings is 2. The molecule has 0 unspecified atom stereocenters. The van der Waals surface area contributed by atoms with Gasteiger partial charge in [0.05, 0.1) is 10.6 Å². The van der Waals surface area contributed by atoms with Crippen LogP contribution < -0.4 is 10.0 Å². The second kappa shape index (κ2) is 7.49. The number of sulfonamides is 1. The minimum Gasteiger partial charge on any atom is -0.325 e. The summed E-state index contributed by atoms with van der Waals surface area (Å²) < 4.78 is 28.6. The molecule has 0 bridgehead atoms. The highest BCUT2D eigenvalue weighted by Gasteiger charge is 2.22. The van der Waals surface area contributed by atoms with Crippen LogP contribution in [0.1, 0.15) is 12.5 Å². The summed E-state index contributed by atoms with van der Waals surface area (Å²) in [5, 5.41) is 2.81. The number of hydrogen-bond acceptors (Lipinski definition) is 4. The van der Waals surface area contributed by atoms with Gasteiger partial charge in [-0.25, -0.2) is 13.1 Å². The summed E-state index contributed by atoms with van der Waals surface area (Å²) in [7, 11) is -3.67. The molecule has 0 saturated heterocycles. The van der Waals surface area contributed by atoms with E-state index in [-0.39, 0.29) is 23.3 Å². The minimum absolute atomic E-state index is 0.0939. The fourth-order valence-electron chi connectivity index (χ4n) is 2.31. The molecule has 1 aliphatic heterocycles. The SMILES string of the molecule is C[C@H]1CSc2ccc(S(=O)(=O)NCc3ccc(Br)cc3)cc2NC1=O. The van der Waals surface area contributed by atoms with Crippen LogP contribution in [-0.4, -0.2) is 20.1 Å². The number of nitrogens with one attached hydrogen (secondary N) is 2. The van der Waals surface area contributed by atoms with Gasteiger partial charge in [0, 0.05) is 27.6 Å². The number of thioether (sulfide) groups is 1. The first-order chi connectivity index (χ1) is 11.8. The van der Waals surface area contributed by atoms with Crippen LogP contribution in [0.3, 0.4) is 0 Å². The number of halogens is 1. The summed E-state index contributed by atoms with van der Waals surface area (Å²) in [6.45, 7) is 2.05. The Balaban J connectivity index is 1.79. The van der Waals surface area contributed by atoms with Crippen LogP contribution in [0, 0.1) is 5.92 Å². The van der Waals surface area contributed by atoms with Crippen molar-refractivity contribution in [2.45, 2.75) is 23.3 Å². The Morgan fingerprint density at radius 1 is 1.24 bits per heavy atom. The molecule has 0 aromatic heterocycles. The van der Waals surface area contributed by atoms with Crippen LogP contribution in [0.2, 0.25) is 0 Å². The third-order valence-electron chi connectivity index (χ3n) is 3.84. The van der Waals surface area contributed by atoms with Gasteiger partial charge in [-0.2, -0.15) is 0 Å². The monoisotopic (exact) mass is 440 g/mol. The molecule has 0 fully saturated rings. The fourth-order valence-corrected chi connectivity index (χ4v) is 4.63. The second-order valence-corrected chi connectivity index (χ2v) is 9.55. The largest absolute Gasteiger partial charge is 0.325 e. The summed E-state index contributed by atoms with van der Waals surface area (Å²) in [5.41, 5.74) is 1.41. The lowest BCUT2D eigenvalue weighted by Crippen LogP contribution is -2.24. The van der Waals surface area contributed by atoms with Gasteiger partial charge in [-0.05, 0) is 35.9 Å². The average molecular weight is 441 g/mol. The first-order valence-corrected chi connectivity index (χ1v) is 10.9. The Kier molecular flexibility index (Phi) is 5.52. The Bertz CT molecular complexity index is 899. The molecule has 8 heteroatoms. The molecule has 0 radical (unpaired) electrons. The van der Waals surface area contributed by atoms with Crippen molar-refractivity contribution in [3.8, 4) is 0 Å². The van der Waals surface area contributed by atoms with E-state index in [4.69, 9.17) is 0 Å². The van der Waals surface area contributed by atoms with Crippen LogP contribution in [0.5, 0.6) is 0 Å². The van der Waals surface area contributed by atoms with Crippen LogP contribution >= 0.6 is 27.7 Å². The predicted molar refractivity (Wildman–Crippen MR) is 103 cm³/mol. The van der Waals surface area contributed by atoms with E-state index in [1.165, 1.54) is 6.07 Å². The molecular formula is C17H17BrN2O3S2. The van der Waals surface area contributed by atoms with Crippen molar-refractivity contribution in [3.63, 3.8) is 0 Å². The molecule has 2 aromatic carbocycles. The van der Waals surface area contributed by atoms with Crippen molar-refractivity contribution in [2.75, 3.05) is 11.1 Å². The number of carbonyl (C=O) groups excluding carboxylic acids is 1. The minimum atomic E-state index is -3.67. The van der Waals surface area contributed by atoms with E-state index in [2.05, 4.69) is 26.0 Å². The topological polar surface area (TPSA) is 75.3 Å². The van der Waals surface area contributed by atoms with E-state index in [9.17, 15) is 13.2 Å². The predicted octanol–water partition coefficient (Wildman–Crippen LogP) is 3.61. The molecule has 3 rings (SSSR count). The molecule has 1 heterocycles. The number of hydrogen-bond donors (Lipinski definition) is 2. The summed E-state index contributed by atoms with van der Waals surface area (Å²) in [6.07, 6.45) is 0. The number of amides is 1. The molecule has 1 aliphatic rings. The zero-order valence-corrected chi connectivity index (χ0v) is 16.7. The van der Waals surface area contributed by atoms with Crippen LogP contribution in [0.25, 0.3) is 0 Å². The van der Waals surface area contributed by atoms with Gasteiger partial charge >= 0.3 is 0 Å². The highest BCUT2D eigenvalue weighted by atomic mass is 79.9. The maximum Gasteiger partial charge on any atom is 0.240 e. The summed E-state index contributed by atoms with van der Waals surface area (Å²) in [5.74, 6) is 0.462. The lowest BCUT2D eigenvalue weighted by molar-refractivity contribution is -0.118. The van der Waals surface area contributed by atoms with E-state index in [0.29, 0.717) is 11.4 Å². The average Bonchev–Trinajstić information content (AvgIpc) is 2.73. The highest BCUT2D eigenvalue weighted by Crippen LogP contribution is 2.34.